The molecule has 0 aliphatic carbocycles. The van der Waals surface area contributed by atoms with Crippen LogP contribution in [0.3, 0.4) is 0 Å². The Labute approximate surface area is 95.3 Å². The van der Waals surface area contributed by atoms with Crippen LogP contribution in [0.5, 0.6) is 0 Å². The highest BCUT2D eigenvalue weighted by Gasteiger charge is 2.05. The smallest absolute Gasteiger partial charge is 0.143 e. The molecule has 1 atom stereocenters. The molecule has 1 aromatic carbocycles. The second-order valence-corrected chi connectivity index (χ2v) is 5.02. The van der Waals surface area contributed by atoms with Crippen molar-refractivity contribution in [1.82, 2.24) is 0 Å². The normalized spacial score (nSPS) is 12.5. The minimum Gasteiger partial charge on any atom is -0.397 e. The van der Waals surface area contributed by atoms with Crippen molar-refractivity contribution in [3.63, 3.8) is 0 Å². The SMILES string of the molecule is CS(=O)CCNc1cc(Cl)c(F)cc1N. The van der Waals surface area contributed by atoms with Crippen molar-refractivity contribution in [3.8, 4) is 0 Å². The number of hydrogen-bond acceptors (Lipinski definition) is 3. The first-order chi connectivity index (χ1) is 7.00. The number of nitrogen functional groups attached to an aromatic ring is 1. The predicted molar refractivity (Wildman–Crippen MR) is 63.2 cm³/mol. The van der Waals surface area contributed by atoms with E-state index < -0.39 is 16.6 Å². The van der Waals surface area contributed by atoms with E-state index in [-0.39, 0.29) is 5.02 Å². The molecule has 0 aromatic heterocycles. The van der Waals surface area contributed by atoms with E-state index in [1.807, 2.05) is 0 Å². The molecule has 84 valence electrons. The van der Waals surface area contributed by atoms with Gasteiger partial charge < -0.3 is 11.1 Å². The van der Waals surface area contributed by atoms with Gasteiger partial charge in [-0.1, -0.05) is 11.6 Å². The number of halogens is 2. The highest BCUT2D eigenvalue weighted by atomic mass is 35.5. The average molecular weight is 251 g/mol. The van der Waals surface area contributed by atoms with Crippen molar-refractivity contribution in [2.45, 2.75) is 0 Å². The van der Waals surface area contributed by atoms with Crippen LogP contribution in [0.1, 0.15) is 0 Å². The number of rotatable bonds is 4. The van der Waals surface area contributed by atoms with E-state index in [0.717, 1.165) is 6.07 Å². The summed E-state index contributed by atoms with van der Waals surface area (Å²) in [5, 5.41) is 2.96. The van der Waals surface area contributed by atoms with Gasteiger partial charge in [-0.15, -0.1) is 0 Å². The molecule has 0 radical (unpaired) electrons. The fraction of sp³-hybridized carbons (Fsp3) is 0.333. The third kappa shape index (κ3) is 3.68. The first-order valence-electron chi connectivity index (χ1n) is 4.29. The summed E-state index contributed by atoms with van der Waals surface area (Å²) in [6.45, 7) is 0.509. The molecule has 0 spiro atoms. The monoisotopic (exact) mass is 250 g/mol. The first kappa shape index (κ1) is 12.3. The van der Waals surface area contributed by atoms with Crippen LogP contribution in [0, 0.1) is 5.82 Å². The zero-order valence-corrected chi connectivity index (χ0v) is 9.79. The predicted octanol–water partition coefficient (Wildman–Crippen LogP) is 1.85. The van der Waals surface area contributed by atoms with E-state index in [1.54, 1.807) is 6.26 Å². The van der Waals surface area contributed by atoms with Gasteiger partial charge in [0, 0.05) is 35.4 Å². The summed E-state index contributed by atoms with van der Waals surface area (Å²) in [4.78, 5) is 0. The molecule has 1 rings (SSSR count). The Morgan fingerprint density at radius 3 is 2.87 bits per heavy atom. The fourth-order valence-electron chi connectivity index (χ4n) is 1.04. The lowest BCUT2D eigenvalue weighted by Gasteiger charge is -2.09. The molecule has 0 aliphatic heterocycles. The second-order valence-electron chi connectivity index (χ2n) is 3.06. The van der Waals surface area contributed by atoms with E-state index in [0.29, 0.717) is 23.7 Å². The van der Waals surface area contributed by atoms with Gasteiger partial charge in [0.2, 0.25) is 0 Å². The van der Waals surface area contributed by atoms with Gasteiger partial charge >= 0.3 is 0 Å². The summed E-state index contributed by atoms with van der Waals surface area (Å²) in [6.07, 6.45) is 1.61. The largest absolute Gasteiger partial charge is 0.397 e. The Bertz CT molecular complexity index is 387. The van der Waals surface area contributed by atoms with E-state index in [4.69, 9.17) is 17.3 Å². The van der Waals surface area contributed by atoms with Crippen LogP contribution < -0.4 is 11.1 Å². The summed E-state index contributed by atoms with van der Waals surface area (Å²) in [7, 11) is -0.866. The Kier molecular flexibility index (Phi) is 4.35. The first-order valence-corrected chi connectivity index (χ1v) is 6.39. The van der Waals surface area contributed by atoms with Crippen LogP contribution >= 0.6 is 11.6 Å². The Balaban J connectivity index is 2.69. The topological polar surface area (TPSA) is 55.1 Å². The van der Waals surface area contributed by atoms with Gasteiger partial charge in [-0.3, -0.25) is 4.21 Å². The molecule has 1 aromatic rings. The zero-order valence-electron chi connectivity index (χ0n) is 8.22. The minimum absolute atomic E-state index is 0.0179. The summed E-state index contributed by atoms with van der Waals surface area (Å²) < 4.78 is 23.7. The lowest BCUT2D eigenvalue weighted by atomic mass is 10.2. The highest BCUT2D eigenvalue weighted by Crippen LogP contribution is 2.25. The zero-order chi connectivity index (χ0) is 11.4. The molecule has 0 saturated heterocycles. The Morgan fingerprint density at radius 2 is 2.27 bits per heavy atom. The van der Waals surface area contributed by atoms with E-state index in [1.165, 1.54) is 6.07 Å². The standard InChI is InChI=1S/C9H12ClFN2OS/c1-15(14)3-2-13-9-4-6(10)7(11)5-8(9)12/h4-5,13H,2-3,12H2,1H3. The lowest BCUT2D eigenvalue weighted by molar-refractivity contribution is 0.629. The average Bonchev–Trinajstić information content (AvgIpc) is 2.13. The summed E-state index contributed by atoms with van der Waals surface area (Å²) in [5.41, 5.74) is 6.42. The molecule has 0 amide bonds. The summed E-state index contributed by atoms with van der Waals surface area (Å²) >= 11 is 5.60. The quantitative estimate of drug-likeness (QED) is 0.802. The molecule has 1 unspecified atom stereocenters. The van der Waals surface area contributed by atoms with Crippen LogP contribution in [0.15, 0.2) is 12.1 Å². The van der Waals surface area contributed by atoms with Crippen LogP contribution in [-0.2, 0) is 10.8 Å². The minimum atomic E-state index is -0.866. The highest BCUT2D eigenvalue weighted by molar-refractivity contribution is 7.84. The van der Waals surface area contributed by atoms with Crippen molar-refractivity contribution in [3.05, 3.63) is 23.0 Å². The number of anilines is 2. The molecule has 0 aliphatic rings. The maximum atomic E-state index is 12.9. The van der Waals surface area contributed by atoms with Crippen LogP contribution in [0.2, 0.25) is 5.02 Å². The van der Waals surface area contributed by atoms with Crippen molar-refractivity contribution in [1.29, 1.82) is 0 Å². The van der Waals surface area contributed by atoms with Crippen LogP contribution in [-0.4, -0.2) is 22.8 Å². The summed E-state index contributed by atoms with van der Waals surface area (Å²) in [5.74, 6) is -0.0344. The Hall–Kier alpha value is -0.810. The molecule has 0 fully saturated rings. The number of benzene rings is 1. The van der Waals surface area contributed by atoms with Crippen LogP contribution in [0.25, 0.3) is 0 Å². The van der Waals surface area contributed by atoms with Gasteiger partial charge in [0.05, 0.1) is 16.4 Å². The fourth-order valence-corrected chi connectivity index (χ4v) is 1.60. The van der Waals surface area contributed by atoms with Gasteiger partial charge in [0.25, 0.3) is 0 Å². The Morgan fingerprint density at radius 1 is 1.60 bits per heavy atom. The van der Waals surface area contributed by atoms with Crippen molar-refractivity contribution < 1.29 is 8.60 Å². The summed E-state index contributed by atoms with van der Waals surface area (Å²) in [6, 6.07) is 2.58. The third-order valence-electron chi connectivity index (χ3n) is 1.80. The molecule has 3 N–H and O–H groups in total. The van der Waals surface area contributed by atoms with Gasteiger partial charge in [-0.2, -0.15) is 0 Å². The lowest BCUT2D eigenvalue weighted by Crippen LogP contribution is -2.11. The molecular formula is C9H12ClFN2OS. The molecule has 0 saturated carbocycles. The van der Waals surface area contributed by atoms with Crippen molar-refractivity contribution >= 4 is 33.8 Å². The van der Waals surface area contributed by atoms with E-state index in [2.05, 4.69) is 5.32 Å². The van der Waals surface area contributed by atoms with Crippen molar-refractivity contribution in [2.24, 2.45) is 0 Å². The molecular weight excluding hydrogens is 239 g/mol. The van der Waals surface area contributed by atoms with Gasteiger partial charge in [-0.05, 0) is 6.07 Å². The van der Waals surface area contributed by atoms with Crippen LogP contribution in [0.4, 0.5) is 15.8 Å². The third-order valence-corrected chi connectivity index (χ3v) is 2.87. The molecule has 0 heterocycles. The number of nitrogens with two attached hydrogens (primary N) is 1. The molecule has 6 heteroatoms. The molecule has 3 nitrogen and oxygen atoms in total. The number of nitrogens with one attached hydrogen (secondary N) is 1. The molecule has 0 bridgehead atoms. The maximum Gasteiger partial charge on any atom is 0.143 e. The van der Waals surface area contributed by atoms with Gasteiger partial charge in [0.1, 0.15) is 5.82 Å². The van der Waals surface area contributed by atoms with E-state index >= 15 is 0 Å². The van der Waals surface area contributed by atoms with E-state index in [9.17, 15) is 8.60 Å². The van der Waals surface area contributed by atoms with Crippen molar-refractivity contribution in [2.75, 3.05) is 29.6 Å². The molecule has 15 heavy (non-hydrogen) atoms. The number of hydrogen-bond donors (Lipinski definition) is 2. The van der Waals surface area contributed by atoms with Gasteiger partial charge in [0.15, 0.2) is 0 Å². The maximum absolute atomic E-state index is 12.9. The van der Waals surface area contributed by atoms with Gasteiger partial charge in [-0.25, -0.2) is 4.39 Å². The second kappa shape index (κ2) is 5.32.